The maximum Gasteiger partial charge on any atom is 0.241 e. The third kappa shape index (κ3) is 8.76. The van der Waals surface area contributed by atoms with Crippen molar-refractivity contribution < 1.29 is 9.53 Å². The van der Waals surface area contributed by atoms with Crippen LogP contribution in [0, 0.1) is 0 Å². The molecule has 0 unspecified atom stereocenters. The second-order valence-corrected chi connectivity index (χ2v) is 5.47. The summed E-state index contributed by atoms with van der Waals surface area (Å²) in [7, 11) is 5.08. The molecule has 0 spiro atoms. The zero-order chi connectivity index (χ0) is 17.2. The molecule has 0 bridgehead atoms. The highest BCUT2D eigenvalue weighted by Crippen LogP contribution is 2.11. The van der Waals surface area contributed by atoms with Gasteiger partial charge in [0.25, 0.3) is 0 Å². The number of carbonyl (C=O) groups excluding carboxylic acids is 1. The Bertz CT molecular complexity index is 556. The van der Waals surface area contributed by atoms with Gasteiger partial charge in [0.15, 0.2) is 5.96 Å². The van der Waals surface area contributed by atoms with Crippen molar-refractivity contribution in [1.29, 1.82) is 0 Å². The SMILES string of the molecule is C=C(C)CNC(=NCc1ccc(OC)cc1)NCC(=O)N(C)C.I. The van der Waals surface area contributed by atoms with Gasteiger partial charge in [-0.1, -0.05) is 24.3 Å². The summed E-state index contributed by atoms with van der Waals surface area (Å²) in [5.41, 5.74) is 2.05. The second kappa shape index (κ2) is 11.7. The quantitative estimate of drug-likeness (QED) is 0.291. The number of aliphatic imine (C=N–C) groups is 1. The van der Waals surface area contributed by atoms with Gasteiger partial charge in [-0.2, -0.15) is 0 Å². The van der Waals surface area contributed by atoms with E-state index < -0.39 is 0 Å². The average molecular weight is 446 g/mol. The lowest BCUT2D eigenvalue weighted by Crippen LogP contribution is -2.43. The first-order chi connectivity index (χ1) is 10.9. The van der Waals surface area contributed by atoms with Gasteiger partial charge in [0.2, 0.25) is 5.91 Å². The van der Waals surface area contributed by atoms with Crippen LogP contribution in [0.1, 0.15) is 12.5 Å². The molecule has 0 heterocycles. The van der Waals surface area contributed by atoms with E-state index in [9.17, 15) is 4.79 Å². The monoisotopic (exact) mass is 446 g/mol. The summed E-state index contributed by atoms with van der Waals surface area (Å²) in [6.07, 6.45) is 0. The number of nitrogens with zero attached hydrogens (tertiary/aromatic N) is 2. The molecule has 1 rings (SSSR count). The summed E-state index contributed by atoms with van der Waals surface area (Å²) in [5, 5.41) is 6.18. The predicted octanol–water partition coefficient (Wildman–Crippen LogP) is 2.01. The van der Waals surface area contributed by atoms with Crippen molar-refractivity contribution in [3.8, 4) is 5.75 Å². The molecule has 0 saturated heterocycles. The average Bonchev–Trinajstić information content (AvgIpc) is 2.53. The summed E-state index contributed by atoms with van der Waals surface area (Å²) in [6.45, 7) is 7.08. The Morgan fingerprint density at radius 3 is 2.29 bits per heavy atom. The van der Waals surface area contributed by atoms with Crippen LogP contribution in [0.3, 0.4) is 0 Å². The normalized spacial score (nSPS) is 10.4. The third-order valence-electron chi connectivity index (χ3n) is 3.04. The van der Waals surface area contributed by atoms with Crippen LogP contribution in [0.4, 0.5) is 0 Å². The molecular weight excluding hydrogens is 419 g/mol. The Hall–Kier alpha value is -1.77. The number of likely N-dealkylation sites (N-methyl/N-ethyl adjacent to an activating group) is 1. The summed E-state index contributed by atoms with van der Waals surface area (Å²) < 4.78 is 5.13. The molecule has 6 nitrogen and oxygen atoms in total. The van der Waals surface area contributed by atoms with E-state index in [1.54, 1.807) is 21.2 Å². The number of halogens is 1. The molecule has 2 N–H and O–H groups in total. The van der Waals surface area contributed by atoms with Crippen LogP contribution in [0.2, 0.25) is 0 Å². The van der Waals surface area contributed by atoms with E-state index in [1.165, 1.54) is 4.90 Å². The fourth-order valence-electron chi connectivity index (χ4n) is 1.63. The highest BCUT2D eigenvalue weighted by atomic mass is 127. The molecule has 1 aromatic rings. The van der Waals surface area contributed by atoms with Crippen molar-refractivity contribution in [2.75, 3.05) is 34.3 Å². The van der Waals surface area contributed by atoms with E-state index >= 15 is 0 Å². The van der Waals surface area contributed by atoms with Crippen LogP contribution < -0.4 is 15.4 Å². The van der Waals surface area contributed by atoms with Gasteiger partial charge in [0.05, 0.1) is 20.2 Å². The van der Waals surface area contributed by atoms with Crippen molar-refractivity contribution in [1.82, 2.24) is 15.5 Å². The first-order valence-corrected chi connectivity index (χ1v) is 7.42. The van der Waals surface area contributed by atoms with Crippen molar-refractivity contribution in [2.24, 2.45) is 4.99 Å². The minimum absolute atomic E-state index is 0. The Balaban J connectivity index is 0.00000529. The maximum absolute atomic E-state index is 11.7. The van der Waals surface area contributed by atoms with Crippen molar-refractivity contribution in [3.63, 3.8) is 0 Å². The minimum atomic E-state index is -0.0146. The molecule has 24 heavy (non-hydrogen) atoms. The Morgan fingerprint density at radius 2 is 1.79 bits per heavy atom. The zero-order valence-corrected chi connectivity index (χ0v) is 17.1. The van der Waals surface area contributed by atoms with Crippen molar-refractivity contribution >= 4 is 35.8 Å². The van der Waals surface area contributed by atoms with Gasteiger partial charge in [0, 0.05) is 20.6 Å². The molecule has 0 aromatic heterocycles. The number of carbonyl (C=O) groups is 1. The predicted molar refractivity (Wildman–Crippen MR) is 109 cm³/mol. The fourth-order valence-corrected chi connectivity index (χ4v) is 1.63. The van der Waals surface area contributed by atoms with Gasteiger partial charge in [-0.3, -0.25) is 4.79 Å². The van der Waals surface area contributed by atoms with Gasteiger partial charge >= 0.3 is 0 Å². The number of nitrogens with one attached hydrogen (secondary N) is 2. The molecule has 0 aliphatic rings. The summed E-state index contributed by atoms with van der Waals surface area (Å²) in [4.78, 5) is 17.7. The molecular formula is C17H27IN4O2. The Labute approximate surface area is 161 Å². The molecule has 7 heteroatoms. The molecule has 0 aliphatic heterocycles. The number of methoxy groups -OCH3 is 1. The number of guanidine groups is 1. The van der Waals surface area contributed by atoms with E-state index in [1.807, 2.05) is 31.2 Å². The number of hydrogen-bond donors (Lipinski definition) is 2. The summed E-state index contributed by atoms with van der Waals surface area (Å²) in [6, 6.07) is 7.72. The second-order valence-electron chi connectivity index (χ2n) is 5.47. The molecule has 0 aliphatic carbocycles. The number of amides is 1. The van der Waals surface area contributed by atoms with E-state index in [4.69, 9.17) is 4.74 Å². The lowest BCUT2D eigenvalue weighted by Gasteiger charge is -2.15. The van der Waals surface area contributed by atoms with Crippen LogP contribution in [0.5, 0.6) is 5.75 Å². The number of hydrogen-bond acceptors (Lipinski definition) is 3. The van der Waals surface area contributed by atoms with Gasteiger partial charge in [-0.05, 0) is 24.6 Å². The van der Waals surface area contributed by atoms with Crippen molar-refractivity contribution in [3.05, 3.63) is 42.0 Å². The van der Waals surface area contributed by atoms with Gasteiger partial charge in [-0.15, -0.1) is 24.0 Å². The Morgan fingerprint density at radius 1 is 1.21 bits per heavy atom. The minimum Gasteiger partial charge on any atom is -0.497 e. The molecule has 0 fully saturated rings. The Kier molecular flexibility index (Phi) is 10.9. The zero-order valence-electron chi connectivity index (χ0n) is 14.8. The lowest BCUT2D eigenvalue weighted by molar-refractivity contribution is -0.127. The molecule has 0 atom stereocenters. The van der Waals surface area contributed by atoms with E-state index in [-0.39, 0.29) is 36.4 Å². The van der Waals surface area contributed by atoms with Crippen molar-refractivity contribution in [2.45, 2.75) is 13.5 Å². The highest BCUT2D eigenvalue weighted by Gasteiger charge is 2.05. The smallest absolute Gasteiger partial charge is 0.241 e. The van der Waals surface area contributed by atoms with E-state index in [0.717, 1.165) is 16.9 Å². The van der Waals surface area contributed by atoms with Crippen LogP contribution in [0.15, 0.2) is 41.4 Å². The summed E-state index contributed by atoms with van der Waals surface area (Å²) >= 11 is 0. The largest absolute Gasteiger partial charge is 0.497 e. The first-order valence-electron chi connectivity index (χ1n) is 7.42. The maximum atomic E-state index is 11.7. The third-order valence-corrected chi connectivity index (χ3v) is 3.04. The molecule has 134 valence electrons. The standard InChI is InChI=1S/C17H26N4O2.HI/c1-13(2)10-18-17(20-12-16(22)21(3)4)19-11-14-6-8-15(23-5)9-7-14;/h6-9H,1,10-12H2,2-5H3,(H2,18,19,20);1H. The topological polar surface area (TPSA) is 66.0 Å². The van der Waals surface area contributed by atoms with Gasteiger partial charge < -0.3 is 20.3 Å². The number of rotatable bonds is 7. The van der Waals surface area contributed by atoms with Crippen LogP contribution in [-0.2, 0) is 11.3 Å². The fraction of sp³-hybridized carbons (Fsp3) is 0.412. The van der Waals surface area contributed by atoms with Crippen LogP contribution in [0.25, 0.3) is 0 Å². The molecule has 1 amide bonds. The van der Waals surface area contributed by atoms with Crippen LogP contribution in [-0.4, -0.2) is 51.1 Å². The number of benzene rings is 1. The highest BCUT2D eigenvalue weighted by molar-refractivity contribution is 14.0. The van der Waals surface area contributed by atoms with E-state index in [0.29, 0.717) is 19.0 Å². The summed E-state index contributed by atoms with van der Waals surface area (Å²) in [5.74, 6) is 1.38. The van der Waals surface area contributed by atoms with Crippen LogP contribution >= 0.6 is 24.0 Å². The lowest BCUT2D eigenvalue weighted by atomic mass is 10.2. The van der Waals surface area contributed by atoms with Gasteiger partial charge in [0.1, 0.15) is 5.75 Å². The van der Waals surface area contributed by atoms with E-state index in [2.05, 4.69) is 22.2 Å². The molecule has 0 radical (unpaired) electrons. The first kappa shape index (κ1) is 22.2. The molecule has 0 saturated carbocycles. The number of ether oxygens (including phenoxy) is 1. The molecule has 1 aromatic carbocycles. The van der Waals surface area contributed by atoms with Gasteiger partial charge in [-0.25, -0.2) is 4.99 Å².